The molecule has 19 heavy (non-hydrogen) atoms. The Labute approximate surface area is 121 Å². The van der Waals surface area contributed by atoms with Gasteiger partial charge in [-0.25, -0.2) is 4.39 Å². The summed E-state index contributed by atoms with van der Waals surface area (Å²) in [6.07, 6.45) is 3.98. The van der Waals surface area contributed by atoms with Gasteiger partial charge in [-0.05, 0) is 18.9 Å². The maximum Gasteiger partial charge on any atom is 0.197 e. The number of rotatable bonds is 4. The second-order valence-corrected chi connectivity index (χ2v) is 5.83. The van der Waals surface area contributed by atoms with Crippen molar-refractivity contribution in [3.63, 3.8) is 0 Å². The topological polar surface area (TPSA) is 44.5 Å². The molecular formula is C14H19BrFNO2. The van der Waals surface area contributed by atoms with Crippen LogP contribution in [0.4, 0.5) is 4.39 Å². The minimum absolute atomic E-state index is 0.153. The molecule has 0 amide bonds. The second kappa shape index (κ2) is 5.67. The summed E-state index contributed by atoms with van der Waals surface area (Å²) in [6, 6.07) is 1.76. The Morgan fingerprint density at radius 1 is 1.32 bits per heavy atom. The fourth-order valence-electron chi connectivity index (χ4n) is 3.02. The summed E-state index contributed by atoms with van der Waals surface area (Å²) in [6.45, 7) is 0.442. The Kier molecular flexibility index (Phi) is 4.36. The third-order valence-corrected chi connectivity index (χ3v) is 4.67. The summed E-state index contributed by atoms with van der Waals surface area (Å²) in [5.74, 6) is 0.183. The summed E-state index contributed by atoms with van der Waals surface area (Å²) < 4.78 is 25.8. The number of ether oxygens (including phenoxy) is 2. The number of halogens is 2. The van der Waals surface area contributed by atoms with Gasteiger partial charge in [-0.1, -0.05) is 28.8 Å². The first-order valence-corrected chi connectivity index (χ1v) is 7.19. The number of methoxy groups -OCH3 is 2. The molecule has 0 saturated heterocycles. The molecule has 1 aromatic rings. The van der Waals surface area contributed by atoms with Gasteiger partial charge >= 0.3 is 0 Å². The fraction of sp³-hybridized carbons (Fsp3) is 0.571. The third-order valence-electron chi connectivity index (χ3n) is 4.05. The first kappa shape index (κ1) is 14.6. The van der Waals surface area contributed by atoms with E-state index in [4.69, 9.17) is 15.2 Å². The molecule has 1 fully saturated rings. The molecule has 0 atom stereocenters. The molecule has 1 aliphatic carbocycles. The highest BCUT2D eigenvalue weighted by Gasteiger charge is 2.39. The van der Waals surface area contributed by atoms with Crippen molar-refractivity contribution in [1.29, 1.82) is 0 Å². The molecule has 0 unspecified atom stereocenters. The van der Waals surface area contributed by atoms with E-state index in [2.05, 4.69) is 15.9 Å². The Morgan fingerprint density at radius 3 is 2.42 bits per heavy atom. The minimum Gasteiger partial charge on any atom is -0.493 e. The molecule has 1 aromatic carbocycles. The van der Waals surface area contributed by atoms with Crippen LogP contribution < -0.4 is 15.2 Å². The predicted molar refractivity (Wildman–Crippen MR) is 76.4 cm³/mol. The van der Waals surface area contributed by atoms with Gasteiger partial charge < -0.3 is 15.2 Å². The molecule has 2 N–H and O–H groups in total. The van der Waals surface area contributed by atoms with E-state index in [0.29, 0.717) is 22.3 Å². The predicted octanol–water partition coefficient (Wildman–Crippen LogP) is 3.38. The van der Waals surface area contributed by atoms with Crippen molar-refractivity contribution in [2.24, 2.45) is 5.73 Å². The third kappa shape index (κ3) is 2.34. The van der Waals surface area contributed by atoms with E-state index >= 15 is 0 Å². The normalized spacial score (nSPS) is 17.5. The lowest BCUT2D eigenvalue weighted by Gasteiger charge is -2.30. The smallest absolute Gasteiger partial charge is 0.197 e. The lowest BCUT2D eigenvalue weighted by molar-refractivity contribution is 0.327. The van der Waals surface area contributed by atoms with E-state index in [-0.39, 0.29) is 17.0 Å². The Hall–Kier alpha value is -0.810. The van der Waals surface area contributed by atoms with Gasteiger partial charge in [-0.2, -0.15) is 0 Å². The molecule has 0 bridgehead atoms. The van der Waals surface area contributed by atoms with Gasteiger partial charge in [0.05, 0.1) is 14.2 Å². The van der Waals surface area contributed by atoms with Gasteiger partial charge in [0.15, 0.2) is 17.3 Å². The Balaban J connectivity index is 2.63. The van der Waals surface area contributed by atoms with Crippen LogP contribution in [0.25, 0.3) is 0 Å². The number of benzene rings is 1. The van der Waals surface area contributed by atoms with Crippen molar-refractivity contribution in [2.75, 3.05) is 20.8 Å². The molecular weight excluding hydrogens is 313 g/mol. The summed E-state index contributed by atoms with van der Waals surface area (Å²) in [4.78, 5) is 0. The van der Waals surface area contributed by atoms with Gasteiger partial charge in [0.2, 0.25) is 0 Å². The Bertz CT molecular complexity index is 473. The highest BCUT2D eigenvalue weighted by atomic mass is 79.9. The first-order valence-electron chi connectivity index (χ1n) is 6.40. The standard InChI is InChI=1S/C14H19BrFNO2/c1-18-10-7-9(15)11(12(16)13(10)19-2)14(8-17)5-3-4-6-14/h7H,3-6,8,17H2,1-2H3. The molecule has 0 heterocycles. The van der Waals surface area contributed by atoms with Gasteiger partial charge in [-0.15, -0.1) is 0 Å². The Morgan fingerprint density at radius 2 is 1.95 bits per heavy atom. The van der Waals surface area contributed by atoms with Gasteiger partial charge in [-0.3, -0.25) is 0 Å². The average Bonchev–Trinajstić information content (AvgIpc) is 2.88. The van der Waals surface area contributed by atoms with Crippen molar-refractivity contribution >= 4 is 15.9 Å². The van der Waals surface area contributed by atoms with Crippen molar-refractivity contribution in [3.05, 3.63) is 21.9 Å². The van der Waals surface area contributed by atoms with Crippen LogP contribution in [0.2, 0.25) is 0 Å². The van der Waals surface area contributed by atoms with Crippen LogP contribution in [-0.2, 0) is 5.41 Å². The highest BCUT2D eigenvalue weighted by Crippen LogP contribution is 2.48. The first-order chi connectivity index (χ1) is 9.09. The summed E-state index contributed by atoms with van der Waals surface area (Å²) >= 11 is 3.46. The van der Waals surface area contributed by atoms with Crippen LogP contribution in [0.1, 0.15) is 31.2 Å². The van der Waals surface area contributed by atoms with Crippen LogP contribution >= 0.6 is 15.9 Å². The quantitative estimate of drug-likeness (QED) is 0.919. The average molecular weight is 332 g/mol. The zero-order valence-electron chi connectivity index (χ0n) is 11.3. The summed E-state index contributed by atoms with van der Waals surface area (Å²) in [5, 5.41) is 0. The monoisotopic (exact) mass is 331 g/mol. The van der Waals surface area contributed by atoms with Crippen LogP contribution in [0, 0.1) is 5.82 Å². The molecule has 0 aromatic heterocycles. The maximum absolute atomic E-state index is 14.8. The molecule has 106 valence electrons. The van der Waals surface area contributed by atoms with Crippen molar-refractivity contribution in [3.8, 4) is 11.5 Å². The van der Waals surface area contributed by atoms with Crippen molar-refractivity contribution in [2.45, 2.75) is 31.1 Å². The number of hydrogen-bond acceptors (Lipinski definition) is 3. The van der Waals surface area contributed by atoms with Crippen LogP contribution in [0.5, 0.6) is 11.5 Å². The van der Waals surface area contributed by atoms with Crippen molar-refractivity contribution < 1.29 is 13.9 Å². The molecule has 3 nitrogen and oxygen atoms in total. The van der Waals surface area contributed by atoms with E-state index in [1.54, 1.807) is 6.07 Å². The number of hydrogen-bond donors (Lipinski definition) is 1. The summed E-state index contributed by atoms with van der Waals surface area (Å²) in [5.41, 5.74) is 6.28. The van der Waals surface area contributed by atoms with Crippen molar-refractivity contribution in [1.82, 2.24) is 0 Å². The van der Waals surface area contributed by atoms with E-state index < -0.39 is 0 Å². The number of nitrogens with two attached hydrogens (primary N) is 1. The van der Waals surface area contributed by atoms with Crippen LogP contribution in [-0.4, -0.2) is 20.8 Å². The van der Waals surface area contributed by atoms with E-state index in [1.165, 1.54) is 14.2 Å². The maximum atomic E-state index is 14.8. The van der Waals surface area contributed by atoms with E-state index in [9.17, 15) is 4.39 Å². The zero-order chi connectivity index (χ0) is 14.0. The SMILES string of the molecule is COc1cc(Br)c(C2(CN)CCCC2)c(F)c1OC. The van der Waals surface area contributed by atoms with E-state index in [1.807, 2.05) is 0 Å². The molecule has 2 rings (SSSR count). The highest BCUT2D eigenvalue weighted by molar-refractivity contribution is 9.10. The van der Waals surface area contributed by atoms with Gasteiger partial charge in [0.1, 0.15) is 0 Å². The molecule has 5 heteroatoms. The second-order valence-electron chi connectivity index (χ2n) is 4.97. The molecule has 0 aliphatic heterocycles. The molecule has 1 aliphatic rings. The fourth-order valence-corrected chi connectivity index (χ4v) is 3.82. The lowest BCUT2D eigenvalue weighted by Crippen LogP contribution is -2.33. The van der Waals surface area contributed by atoms with Gasteiger partial charge in [0.25, 0.3) is 0 Å². The minimum atomic E-state index is -0.360. The molecule has 0 radical (unpaired) electrons. The largest absolute Gasteiger partial charge is 0.493 e. The zero-order valence-corrected chi connectivity index (χ0v) is 12.8. The van der Waals surface area contributed by atoms with Crippen LogP contribution in [0.3, 0.4) is 0 Å². The van der Waals surface area contributed by atoms with Crippen LogP contribution in [0.15, 0.2) is 10.5 Å². The molecule has 0 spiro atoms. The van der Waals surface area contributed by atoms with E-state index in [0.717, 1.165) is 25.7 Å². The lowest BCUT2D eigenvalue weighted by atomic mass is 9.78. The summed E-state index contributed by atoms with van der Waals surface area (Å²) in [7, 11) is 2.94. The van der Waals surface area contributed by atoms with Gasteiger partial charge in [0, 0.05) is 22.0 Å². The molecule has 1 saturated carbocycles.